The highest BCUT2D eigenvalue weighted by atomic mass is 32.2. The minimum absolute atomic E-state index is 0.0148. The van der Waals surface area contributed by atoms with Crippen LogP contribution in [0.5, 0.6) is 0 Å². The van der Waals surface area contributed by atoms with E-state index in [2.05, 4.69) is 15.1 Å². The van der Waals surface area contributed by atoms with Crippen LogP contribution in [0, 0.1) is 11.3 Å². The van der Waals surface area contributed by atoms with Gasteiger partial charge < -0.3 is 4.98 Å². The van der Waals surface area contributed by atoms with E-state index in [1.807, 2.05) is 55.9 Å². The van der Waals surface area contributed by atoms with Crippen molar-refractivity contribution in [3.8, 4) is 28.6 Å². The lowest BCUT2D eigenvalue weighted by Crippen LogP contribution is -2.14. The summed E-state index contributed by atoms with van der Waals surface area (Å²) in [5.74, 6) is 0. The van der Waals surface area contributed by atoms with Gasteiger partial charge in [-0.3, -0.25) is 9.48 Å². The van der Waals surface area contributed by atoms with Crippen LogP contribution in [-0.4, -0.2) is 26.0 Å². The molecule has 0 fully saturated rings. The van der Waals surface area contributed by atoms with Crippen molar-refractivity contribution in [2.24, 2.45) is 7.05 Å². The number of thioether (sulfide) groups is 1. The minimum atomic E-state index is -0.426. The standard InChI is InChI=1S/C16H13N5OS/c1-21-7-6-13(20-21)10-4-3-5-11(8-10)14-12(9-17)15(22)19-16(18-14)23-2/h3-8H,1-2H3,(H,18,19,22). The molecule has 2 heterocycles. The molecule has 0 saturated carbocycles. The van der Waals surface area contributed by atoms with Crippen molar-refractivity contribution >= 4 is 11.8 Å². The molecule has 0 saturated heterocycles. The normalized spacial score (nSPS) is 10.5. The SMILES string of the molecule is CSc1nc(-c2cccc(-c3ccn(C)n3)c2)c(C#N)c(=O)[nH]1. The minimum Gasteiger partial charge on any atom is -0.300 e. The summed E-state index contributed by atoms with van der Waals surface area (Å²) in [6.07, 6.45) is 3.68. The van der Waals surface area contributed by atoms with Crippen LogP contribution in [0.25, 0.3) is 22.5 Å². The summed E-state index contributed by atoms with van der Waals surface area (Å²) in [4.78, 5) is 19.0. The number of benzene rings is 1. The Morgan fingerprint density at radius 2 is 2.09 bits per heavy atom. The van der Waals surface area contributed by atoms with Gasteiger partial charge in [0.15, 0.2) is 5.16 Å². The zero-order chi connectivity index (χ0) is 16.4. The number of hydrogen-bond acceptors (Lipinski definition) is 5. The second-order valence-corrected chi connectivity index (χ2v) is 5.66. The first-order valence-electron chi connectivity index (χ1n) is 6.81. The van der Waals surface area contributed by atoms with E-state index < -0.39 is 5.56 Å². The Morgan fingerprint density at radius 1 is 1.30 bits per heavy atom. The van der Waals surface area contributed by atoms with Crippen LogP contribution in [0.15, 0.2) is 46.5 Å². The van der Waals surface area contributed by atoms with E-state index in [0.29, 0.717) is 16.4 Å². The molecule has 0 aliphatic carbocycles. The molecule has 2 aromatic heterocycles. The quantitative estimate of drug-likeness (QED) is 0.591. The fourth-order valence-corrected chi connectivity index (χ4v) is 2.63. The number of H-pyrrole nitrogens is 1. The van der Waals surface area contributed by atoms with E-state index in [1.54, 1.807) is 4.68 Å². The fourth-order valence-electron chi connectivity index (χ4n) is 2.26. The Morgan fingerprint density at radius 3 is 2.74 bits per heavy atom. The first-order valence-corrected chi connectivity index (χ1v) is 8.03. The van der Waals surface area contributed by atoms with Gasteiger partial charge in [0.1, 0.15) is 11.6 Å². The maximum atomic E-state index is 12.0. The lowest BCUT2D eigenvalue weighted by Gasteiger charge is -2.06. The second kappa shape index (κ2) is 6.10. The molecule has 1 aromatic carbocycles. The van der Waals surface area contributed by atoms with E-state index in [1.165, 1.54) is 11.8 Å². The zero-order valence-corrected chi connectivity index (χ0v) is 13.4. The lowest BCUT2D eigenvalue weighted by molar-refractivity contribution is 0.771. The van der Waals surface area contributed by atoms with Gasteiger partial charge in [-0.25, -0.2) is 4.98 Å². The van der Waals surface area contributed by atoms with Crippen LogP contribution in [-0.2, 0) is 7.05 Å². The predicted molar refractivity (Wildman–Crippen MR) is 89.0 cm³/mol. The summed E-state index contributed by atoms with van der Waals surface area (Å²) in [6.45, 7) is 0. The van der Waals surface area contributed by atoms with Crippen molar-refractivity contribution in [3.05, 3.63) is 52.4 Å². The second-order valence-electron chi connectivity index (χ2n) is 4.87. The Labute approximate surface area is 136 Å². The number of nitrogens with one attached hydrogen (secondary N) is 1. The highest BCUT2D eigenvalue weighted by Crippen LogP contribution is 2.26. The van der Waals surface area contributed by atoms with Crippen LogP contribution < -0.4 is 5.56 Å². The summed E-state index contributed by atoms with van der Waals surface area (Å²) in [5.41, 5.74) is 2.41. The first-order chi connectivity index (χ1) is 11.1. The molecule has 0 amide bonds. The van der Waals surface area contributed by atoms with Gasteiger partial charge in [-0.15, -0.1) is 0 Å². The van der Waals surface area contributed by atoms with Crippen molar-refractivity contribution in [3.63, 3.8) is 0 Å². The number of rotatable bonds is 3. The Balaban J connectivity index is 2.18. The van der Waals surface area contributed by atoms with E-state index in [9.17, 15) is 10.1 Å². The van der Waals surface area contributed by atoms with Crippen molar-refractivity contribution < 1.29 is 0 Å². The van der Waals surface area contributed by atoms with E-state index in [-0.39, 0.29) is 5.56 Å². The Kier molecular flexibility index (Phi) is 4.00. The van der Waals surface area contributed by atoms with Crippen molar-refractivity contribution in [1.29, 1.82) is 5.26 Å². The molecule has 6 nitrogen and oxygen atoms in total. The summed E-state index contributed by atoms with van der Waals surface area (Å²) < 4.78 is 1.72. The molecule has 0 unspecified atom stereocenters. The molecule has 7 heteroatoms. The van der Waals surface area contributed by atoms with E-state index in [0.717, 1.165) is 11.3 Å². The molecule has 0 atom stereocenters. The van der Waals surface area contributed by atoms with Crippen LogP contribution in [0.4, 0.5) is 0 Å². The summed E-state index contributed by atoms with van der Waals surface area (Å²) in [5, 5.41) is 14.1. The molecule has 1 N–H and O–H groups in total. The molecule has 3 aromatic rings. The molecule has 0 aliphatic heterocycles. The number of hydrogen-bond donors (Lipinski definition) is 1. The number of aromatic amines is 1. The molecular formula is C16H13N5OS. The number of nitrogens with zero attached hydrogens (tertiary/aromatic N) is 4. The lowest BCUT2D eigenvalue weighted by atomic mass is 10.0. The smallest absolute Gasteiger partial charge is 0.270 e. The third kappa shape index (κ3) is 2.89. The van der Waals surface area contributed by atoms with Gasteiger partial charge in [-0.05, 0) is 18.4 Å². The van der Waals surface area contributed by atoms with Crippen LogP contribution in [0.1, 0.15) is 5.56 Å². The largest absolute Gasteiger partial charge is 0.300 e. The van der Waals surface area contributed by atoms with Gasteiger partial charge in [-0.1, -0.05) is 30.0 Å². The Bertz CT molecular complexity index is 967. The highest BCUT2D eigenvalue weighted by Gasteiger charge is 2.14. The molecule has 3 rings (SSSR count). The average Bonchev–Trinajstić information content (AvgIpc) is 3.00. The zero-order valence-electron chi connectivity index (χ0n) is 12.6. The van der Waals surface area contributed by atoms with E-state index in [4.69, 9.17) is 0 Å². The monoisotopic (exact) mass is 323 g/mol. The van der Waals surface area contributed by atoms with Gasteiger partial charge in [0.2, 0.25) is 0 Å². The van der Waals surface area contributed by atoms with Crippen molar-refractivity contribution in [1.82, 2.24) is 19.7 Å². The van der Waals surface area contributed by atoms with E-state index >= 15 is 0 Å². The molecule has 0 spiro atoms. The summed E-state index contributed by atoms with van der Waals surface area (Å²) >= 11 is 1.32. The van der Waals surface area contributed by atoms with Crippen molar-refractivity contribution in [2.45, 2.75) is 5.16 Å². The topological polar surface area (TPSA) is 87.4 Å². The number of aryl methyl sites for hydroxylation is 1. The Hall–Kier alpha value is -2.85. The third-order valence-electron chi connectivity index (χ3n) is 3.35. The summed E-state index contributed by atoms with van der Waals surface area (Å²) in [7, 11) is 1.85. The van der Waals surface area contributed by atoms with Crippen LogP contribution in [0.2, 0.25) is 0 Å². The molecule has 0 radical (unpaired) electrons. The van der Waals surface area contributed by atoms with Crippen LogP contribution >= 0.6 is 11.8 Å². The first kappa shape index (κ1) is 15.1. The van der Waals surface area contributed by atoms with Gasteiger partial charge >= 0.3 is 0 Å². The third-order valence-corrected chi connectivity index (χ3v) is 3.93. The molecule has 23 heavy (non-hydrogen) atoms. The van der Waals surface area contributed by atoms with Gasteiger partial charge in [0.05, 0.1) is 11.4 Å². The van der Waals surface area contributed by atoms with Gasteiger partial charge in [0.25, 0.3) is 5.56 Å². The molecule has 114 valence electrons. The maximum Gasteiger partial charge on any atom is 0.270 e. The predicted octanol–water partition coefficient (Wildman–Crippen LogP) is 2.43. The maximum absolute atomic E-state index is 12.0. The summed E-state index contributed by atoms with van der Waals surface area (Å²) in [6, 6.07) is 11.4. The molecular weight excluding hydrogens is 310 g/mol. The number of nitriles is 1. The van der Waals surface area contributed by atoms with Gasteiger partial charge in [-0.2, -0.15) is 10.4 Å². The number of aromatic nitrogens is 4. The fraction of sp³-hybridized carbons (Fsp3) is 0.125. The van der Waals surface area contributed by atoms with Crippen molar-refractivity contribution in [2.75, 3.05) is 6.26 Å². The van der Waals surface area contributed by atoms with Crippen LogP contribution in [0.3, 0.4) is 0 Å². The van der Waals surface area contributed by atoms with Gasteiger partial charge in [0, 0.05) is 24.4 Å². The average molecular weight is 323 g/mol. The highest BCUT2D eigenvalue weighted by molar-refractivity contribution is 7.98. The molecule has 0 bridgehead atoms. The molecule has 0 aliphatic rings.